The molecule has 0 radical (unpaired) electrons. The lowest BCUT2D eigenvalue weighted by molar-refractivity contribution is 0.0940. The molecule has 1 N–H and O–H groups in total. The molecule has 0 fully saturated rings. The van der Waals surface area contributed by atoms with Gasteiger partial charge in [-0.3, -0.25) is 4.79 Å². The third-order valence-electron chi connectivity index (χ3n) is 3.97. The number of carbonyl (C=O) groups is 1. The van der Waals surface area contributed by atoms with Gasteiger partial charge in [0.05, 0.1) is 20.8 Å². The zero-order valence-corrected chi connectivity index (χ0v) is 17.8. The first-order chi connectivity index (χ1) is 12.2. The van der Waals surface area contributed by atoms with E-state index >= 15 is 0 Å². The van der Waals surface area contributed by atoms with E-state index in [9.17, 15) is 13.2 Å². The molecule has 2 rings (SSSR count). The van der Waals surface area contributed by atoms with Crippen LogP contribution in [0.1, 0.15) is 42.7 Å². The maximum Gasteiger partial charge on any atom is 0.254 e. The fourth-order valence-electron chi connectivity index (χ4n) is 2.49. The minimum atomic E-state index is -3.50. The summed E-state index contributed by atoms with van der Waals surface area (Å²) < 4.78 is 27.2. The lowest BCUT2D eigenvalue weighted by Crippen LogP contribution is -2.30. The Morgan fingerprint density at radius 1 is 1.19 bits per heavy atom. The first-order valence-electron chi connectivity index (χ1n) is 8.06. The lowest BCUT2D eigenvalue weighted by atomic mass is 10.1. The van der Waals surface area contributed by atoms with E-state index in [1.807, 2.05) is 6.92 Å². The SMILES string of the molecule is CCN(CC)S(=O)(=O)c1ccc(C(C)NC(=O)c2cc(Cl)sc2Cl)cc1. The van der Waals surface area contributed by atoms with Gasteiger partial charge in [-0.05, 0) is 30.7 Å². The summed E-state index contributed by atoms with van der Waals surface area (Å²) in [7, 11) is -3.50. The van der Waals surface area contributed by atoms with Gasteiger partial charge in [0.15, 0.2) is 0 Å². The molecule has 0 aliphatic carbocycles. The highest BCUT2D eigenvalue weighted by atomic mass is 35.5. The first-order valence-corrected chi connectivity index (χ1v) is 11.1. The van der Waals surface area contributed by atoms with E-state index in [4.69, 9.17) is 23.2 Å². The Morgan fingerprint density at radius 3 is 2.23 bits per heavy atom. The van der Waals surface area contributed by atoms with Crippen molar-refractivity contribution < 1.29 is 13.2 Å². The average Bonchev–Trinajstić information content (AvgIpc) is 2.94. The number of rotatable bonds is 7. The van der Waals surface area contributed by atoms with Gasteiger partial charge in [0.2, 0.25) is 10.0 Å². The molecule has 26 heavy (non-hydrogen) atoms. The lowest BCUT2D eigenvalue weighted by Gasteiger charge is -2.19. The van der Waals surface area contributed by atoms with Gasteiger partial charge in [-0.25, -0.2) is 8.42 Å². The number of thiophene rings is 1. The molecule has 1 amide bonds. The predicted octanol–water partition coefficient (Wildman–Crippen LogP) is 4.58. The summed E-state index contributed by atoms with van der Waals surface area (Å²) in [6.07, 6.45) is 0. The van der Waals surface area contributed by atoms with Crippen molar-refractivity contribution in [2.75, 3.05) is 13.1 Å². The average molecular weight is 435 g/mol. The number of halogens is 2. The van der Waals surface area contributed by atoms with Crippen LogP contribution in [0, 0.1) is 0 Å². The molecule has 0 saturated heterocycles. The van der Waals surface area contributed by atoms with Crippen LogP contribution in [0.3, 0.4) is 0 Å². The smallest absolute Gasteiger partial charge is 0.254 e. The molecule has 1 atom stereocenters. The molecular weight excluding hydrogens is 415 g/mol. The van der Waals surface area contributed by atoms with E-state index in [0.717, 1.165) is 16.9 Å². The molecule has 9 heteroatoms. The maximum atomic E-state index is 12.5. The third kappa shape index (κ3) is 4.58. The molecule has 0 bridgehead atoms. The summed E-state index contributed by atoms with van der Waals surface area (Å²) in [6.45, 7) is 6.24. The second kappa shape index (κ2) is 8.71. The zero-order valence-electron chi connectivity index (χ0n) is 14.6. The van der Waals surface area contributed by atoms with Gasteiger partial charge in [0, 0.05) is 13.1 Å². The Morgan fingerprint density at radius 2 is 1.77 bits per heavy atom. The summed E-state index contributed by atoms with van der Waals surface area (Å²) in [5, 5.41) is 2.83. The van der Waals surface area contributed by atoms with Gasteiger partial charge in [-0.2, -0.15) is 4.31 Å². The van der Waals surface area contributed by atoms with E-state index in [1.165, 1.54) is 10.4 Å². The van der Waals surface area contributed by atoms with E-state index in [0.29, 0.717) is 27.3 Å². The van der Waals surface area contributed by atoms with Crippen LogP contribution in [0.4, 0.5) is 0 Å². The minimum absolute atomic E-state index is 0.233. The monoisotopic (exact) mass is 434 g/mol. The number of sulfonamides is 1. The summed E-state index contributed by atoms with van der Waals surface area (Å²) in [6, 6.07) is 7.71. The first kappa shape index (κ1) is 21.2. The van der Waals surface area contributed by atoms with Crippen molar-refractivity contribution in [2.45, 2.75) is 31.7 Å². The van der Waals surface area contributed by atoms with Crippen molar-refractivity contribution in [3.05, 3.63) is 50.1 Å². The molecular formula is C17H20Cl2N2O3S2. The number of hydrogen-bond donors (Lipinski definition) is 1. The molecule has 0 aliphatic rings. The van der Waals surface area contributed by atoms with Gasteiger partial charge in [-0.15, -0.1) is 11.3 Å². The molecule has 5 nitrogen and oxygen atoms in total. The molecule has 142 valence electrons. The van der Waals surface area contributed by atoms with Crippen molar-refractivity contribution in [3.63, 3.8) is 0 Å². The second-order valence-electron chi connectivity index (χ2n) is 5.59. The topological polar surface area (TPSA) is 66.5 Å². The highest BCUT2D eigenvalue weighted by Crippen LogP contribution is 2.31. The van der Waals surface area contributed by atoms with E-state index in [-0.39, 0.29) is 16.8 Å². The van der Waals surface area contributed by atoms with Crippen molar-refractivity contribution >= 4 is 50.5 Å². The van der Waals surface area contributed by atoms with Crippen molar-refractivity contribution in [1.29, 1.82) is 0 Å². The molecule has 0 aliphatic heterocycles. The van der Waals surface area contributed by atoms with Crippen molar-refractivity contribution in [3.8, 4) is 0 Å². The predicted molar refractivity (Wildman–Crippen MR) is 107 cm³/mol. The normalized spacial score (nSPS) is 13.0. The number of carbonyl (C=O) groups excluding carboxylic acids is 1. The molecule has 0 saturated carbocycles. The molecule has 0 spiro atoms. The van der Waals surface area contributed by atoms with Gasteiger partial charge in [0.1, 0.15) is 4.34 Å². The Kier molecular flexibility index (Phi) is 7.10. The van der Waals surface area contributed by atoms with E-state index in [1.54, 1.807) is 38.1 Å². The largest absolute Gasteiger partial charge is 0.345 e. The maximum absolute atomic E-state index is 12.5. The van der Waals surface area contributed by atoms with Crippen molar-refractivity contribution in [1.82, 2.24) is 9.62 Å². The number of hydrogen-bond acceptors (Lipinski definition) is 4. The Labute approximate surface area is 168 Å². The molecule has 2 aromatic rings. The summed E-state index contributed by atoms with van der Waals surface area (Å²) in [4.78, 5) is 12.5. The number of amides is 1. The zero-order chi connectivity index (χ0) is 19.5. The summed E-state index contributed by atoms with van der Waals surface area (Å²) >= 11 is 13.0. The second-order valence-corrected chi connectivity index (χ2v) is 9.81. The quantitative estimate of drug-likeness (QED) is 0.693. The third-order valence-corrected chi connectivity index (χ3v) is 7.52. The minimum Gasteiger partial charge on any atom is -0.345 e. The summed E-state index contributed by atoms with van der Waals surface area (Å²) in [5.74, 6) is -0.328. The van der Waals surface area contributed by atoms with Gasteiger partial charge in [-0.1, -0.05) is 49.2 Å². The Balaban J connectivity index is 2.15. The Bertz CT molecular complexity index is 876. The van der Waals surface area contributed by atoms with Gasteiger partial charge in [0.25, 0.3) is 5.91 Å². The molecule has 1 heterocycles. The van der Waals surface area contributed by atoms with Crippen LogP contribution < -0.4 is 5.32 Å². The van der Waals surface area contributed by atoms with Crippen LogP contribution in [0.2, 0.25) is 8.67 Å². The molecule has 1 aromatic heterocycles. The molecule has 1 aromatic carbocycles. The summed E-state index contributed by atoms with van der Waals surface area (Å²) in [5.41, 5.74) is 1.11. The Hall–Kier alpha value is -1.12. The standard InChI is InChI=1S/C17H20Cl2N2O3S2/c1-4-21(5-2)26(23,24)13-8-6-12(7-9-13)11(3)20-17(22)14-10-15(18)25-16(14)19/h6-11H,4-5H2,1-3H3,(H,20,22). The van der Waals surface area contributed by atoms with Crippen LogP contribution >= 0.6 is 34.5 Å². The highest BCUT2D eigenvalue weighted by Gasteiger charge is 2.22. The van der Waals surface area contributed by atoms with Crippen LogP contribution in [-0.2, 0) is 10.0 Å². The van der Waals surface area contributed by atoms with E-state index < -0.39 is 10.0 Å². The number of nitrogens with one attached hydrogen (secondary N) is 1. The molecule has 1 unspecified atom stereocenters. The van der Waals surface area contributed by atoms with Crippen LogP contribution in [0.25, 0.3) is 0 Å². The number of nitrogens with zero attached hydrogens (tertiary/aromatic N) is 1. The highest BCUT2D eigenvalue weighted by molar-refractivity contribution is 7.89. The van der Waals surface area contributed by atoms with Crippen molar-refractivity contribution in [2.24, 2.45) is 0 Å². The van der Waals surface area contributed by atoms with Crippen LogP contribution in [-0.4, -0.2) is 31.7 Å². The van der Waals surface area contributed by atoms with Crippen LogP contribution in [0.5, 0.6) is 0 Å². The van der Waals surface area contributed by atoms with Crippen LogP contribution in [0.15, 0.2) is 35.2 Å². The number of benzene rings is 1. The van der Waals surface area contributed by atoms with Gasteiger partial charge >= 0.3 is 0 Å². The fraction of sp³-hybridized carbons (Fsp3) is 0.353. The fourth-order valence-corrected chi connectivity index (χ4v) is 5.41. The van der Waals surface area contributed by atoms with Gasteiger partial charge < -0.3 is 5.32 Å². The van der Waals surface area contributed by atoms with E-state index in [2.05, 4.69) is 5.32 Å².